The van der Waals surface area contributed by atoms with Gasteiger partial charge in [0, 0.05) is 0 Å². The van der Waals surface area contributed by atoms with Crippen molar-refractivity contribution >= 4 is 5.97 Å². The van der Waals surface area contributed by atoms with E-state index in [0.717, 1.165) is 0 Å². The second kappa shape index (κ2) is 3.17. The van der Waals surface area contributed by atoms with E-state index in [1.54, 1.807) is 0 Å². The minimum Gasteiger partial charge on any atom is -0.481 e. The third-order valence-corrected chi connectivity index (χ3v) is 2.09. The van der Waals surface area contributed by atoms with Gasteiger partial charge in [0.1, 0.15) is 6.17 Å². The van der Waals surface area contributed by atoms with Gasteiger partial charge in [-0.3, -0.25) is 4.79 Å². The Bertz CT molecular complexity index is 160. The van der Waals surface area contributed by atoms with E-state index >= 15 is 0 Å². The zero-order chi connectivity index (χ0) is 8.43. The zero-order valence-electron chi connectivity index (χ0n) is 6.03. The second-order valence-corrected chi connectivity index (χ2v) is 2.93. The zero-order valence-corrected chi connectivity index (χ0v) is 6.03. The van der Waals surface area contributed by atoms with Crippen molar-refractivity contribution in [2.45, 2.75) is 31.5 Å². The van der Waals surface area contributed by atoms with Gasteiger partial charge in [-0.25, -0.2) is 4.39 Å². The highest BCUT2D eigenvalue weighted by atomic mass is 19.1. The van der Waals surface area contributed by atoms with Crippen LogP contribution < -0.4 is 0 Å². The molecule has 64 valence electrons. The maximum Gasteiger partial charge on any atom is 0.306 e. The highest BCUT2D eigenvalue weighted by Crippen LogP contribution is 2.26. The van der Waals surface area contributed by atoms with Crippen LogP contribution in [-0.2, 0) is 4.79 Å². The van der Waals surface area contributed by atoms with E-state index < -0.39 is 24.2 Å². The van der Waals surface area contributed by atoms with E-state index in [1.165, 1.54) is 0 Å². The summed E-state index contributed by atoms with van der Waals surface area (Å²) in [5.41, 5.74) is 0. The average Bonchev–Trinajstić information content (AvgIpc) is 1.94. The van der Waals surface area contributed by atoms with Crippen molar-refractivity contribution in [3.63, 3.8) is 0 Å². The van der Waals surface area contributed by atoms with E-state index in [0.29, 0.717) is 6.42 Å². The van der Waals surface area contributed by atoms with Crippen LogP contribution >= 0.6 is 0 Å². The predicted octanol–water partition coefficient (Wildman–Crippen LogP) is 0.570. The summed E-state index contributed by atoms with van der Waals surface area (Å²) in [5, 5.41) is 17.4. The number of carboxylic acid groups (broad SMARTS) is 1. The fourth-order valence-electron chi connectivity index (χ4n) is 1.32. The summed E-state index contributed by atoms with van der Waals surface area (Å²) >= 11 is 0. The second-order valence-electron chi connectivity index (χ2n) is 2.93. The smallest absolute Gasteiger partial charge is 0.306 e. The summed E-state index contributed by atoms with van der Waals surface area (Å²) in [6, 6.07) is 0. The number of carboxylic acids is 1. The summed E-state index contributed by atoms with van der Waals surface area (Å²) in [6.07, 6.45) is -1.71. The van der Waals surface area contributed by atoms with Gasteiger partial charge in [-0.1, -0.05) is 0 Å². The van der Waals surface area contributed by atoms with Gasteiger partial charge in [0.05, 0.1) is 12.0 Å². The first kappa shape index (κ1) is 8.46. The largest absolute Gasteiger partial charge is 0.481 e. The number of aliphatic hydroxyl groups is 1. The third kappa shape index (κ3) is 1.89. The lowest BCUT2D eigenvalue weighted by Crippen LogP contribution is -2.33. The van der Waals surface area contributed by atoms with Gasteiger partial charge >= 0.3 is 5.97 Å². The van der Waals surface area contributed by atoms with Crippen LogP contribution in [0.25, 0.3) is 0 Å². The molecule has 0 spiro atoms. The summed E-state index contributed by atoms with van der Waals surface area (Å²) < 4.78 is 12.7. The van der Waals surface area contributed by atoms with Gasteiger partial charge in [0.25, 0.3) is 0 Å². The number of hydrogen-bond acceptors (Lipinski definition) is 2. The van der Waals surface area contributed by atoms with Crippen LogP contribution in [-0.4, -0.2) is 28.5 Å². The Balaban J connectivity index is 2.46. The molecule has 1 fully saturated rings. The summed E-state index contributed by atoms with van der Waals surface area (Å²) in [4.78, 5) is 10.4. The fourth-order valence-corrected chi connectivity index (χ4v) is 1.32. The molecule has 0 unspecified atom stereocenters. The Kier molecular flexibility index (Phi) is 2.44. The monoisotopic (exact) mass is 162 g/mol. The molecule has 11 heavy (non-hydrogen) atoms. The van der Waals surface area contributed by atoms with Gasteiger partial charge in [-0.05, 0) is 19.3 Å². The molecule has 3 nitrogen and oxygen atoms in total. The van der Waals surface area contributed by atoms with Gasteiger partial charge in [-0.2, -0.15) is 0 Å². The minimum atomic E-state index is -1.36. The topological polar surface area (TPSA) is 57.5 Å². The van der Waals surface area contributed by atoms with Crippen LogP contribution in [0.2, 0.25) is 0 Å². The van der Waals surface area contributed by atoms with Crippen LogP contribution in [0.15, 0.2) is 0 Å². The van der Waals surface area contributed by atoms with Gasteiger partial charge in [0.15, 0.2) is 0 Å². The first-order valence-electron chi connectivity index (χ1n) is 3.66. The van der Waals surface area contributed by atoms with Crippen LogP contribution in [0.5, 0.6) is 0 Å². The minimum absolute atomic E-state index is 0.0451. The van der Waals surface area contributed by atoms with Gasteiger partial charge in [0.2, 0.25) is 0 Å². The maximum absolute atomic E-state index is 12.7. The summed E-state index contributed by atoms with van der Waals surface area (Å²) in [7, 11) is 0. The van der Waals surface area contributed by atoms with E-state index in [9.17, 15) is 9.18 Å². The molecule has 1 rings (SSSR count). The molecule has 0 aromatic rings. The van der Waals surface area contributed by atoms with Crippen molar-refractivity contribution in [2.75, 3.05) is 0 Å². The van der Waals surface area contributed by atoms with Crippen molar-refractivity contribution in [3.8, 4) is 0 Å². The molecule has 0 amide bonds. The number of aliphatic carboxylic acids is 1. The van der Waals surface area contributed by atoms with E-state index in [2.05, 4.69) is 0 Å². The molecule has 1 aliphatic rings. The lowest BCUT2D eigenvalue weighted by atomic mass is 9.86. The Morgan fingerprint density at radius 1 is 1.45 bits per heavy atom. The molecule has 0 aromatic heterocycles. The normalized spacial score (nSPS) is 38.5. The van der Waals surface area contributed by atoms with E-state index in [1.807, 2.05) is 0 Å². The van der Waals surface area contributed by atoms with E-state index in [4.69, 9.17) is 10.2 Å². The van der Waals surface area contributed by atoms with Crippen molar-refractivity contribution < 1.29 is 19.4 Å². The molecular formula is C7H11FO3. The van der Waals surface area contributed by atoms with Gasteiger partial charge < -0.3 is 10.2 Å². The highest BCUT2D eigenvalue weighted by molar-refractivity contribution is 5.70. The Labute approximate surface area is 63.8 Å². The molecule has 0 radical (unpaired) electrons. The Morgan fingerprint density at radius 2 is 2.09 bits per heavy atom. The first-order chi connectivity index (χ1) is 5.11. The Hall–Kier alpha value is -0.640. The molecule has 0 bridgehead atoms. The van der Waals surface area contributed by atoms with Crippen LogP contribution in [0, 0.1) is 5.92 Å². The maximum atomic E-state index is 12.7. The highest BCUT2D eigenvalue weighted by Gasteiger charge is 2.32. The fraction of sp³-hybridized carbons (Fsp3) is 0.857. The first-order valence-corrected chi connectivity index (χ1v) is 3.66. The van der Waals surface area contributed by atoms with Crippen LogP contribution in [0.4, 0.5) is 4.39 Å². The van der Waals surface area contributed by atoms with Crippen LogP contribution in [0.1, 0.15) is 19.3 Å². The molecule has 0 aliphatic heterocycles. The molecule has 3 atom stereocenters. The molecular weight excluding hydrogens is 151 g/mol. The molecule has 0 aromatic carbocycles. The number of rotatable bonds is 1. The summed E-state index contributed by atoms with van der Waals surface area (Å²) in [5.74, 6) is -1.56. The van der Waals surface area contributed by atoms with Crippen LogP contribution in [0.3, 0.4) is 0 Å². The number of aliphatic hydroxyl groups excluding tert-OH is 1. The summed E-state index contributed by atoms with van der Waals surface area (Å²) in [6.45, 7) is 0. The molecule has 2 N–H and O–H groups in total. The number of halogens is 1. The number of carbonyl (C=O) groups is 1. The molecule has 4 heteroatoms. The average molecular weight is 162 g/mol. The molecule has 1 saturated carbocycles. The predicted molar refractivity (Wildman–Crippen MR) is 35.9 cm³/mol. The SMILES string of the molecule is O=C(O)[C@H]1CC[C@@H](O)[C@H](F)C1. The van der Waals surface area contributed by atoms with Crippen molar-refractivity contribution in [1.82, 2.24) is 0 Å². The quantitative estimate of drug-likeness (QED) is 0.592. The van der Waals surface area contributed by atoms with E-state index in [-0.39, 0.29) is 12.8 Å². The van der Waals surface area contributed by atoms with Gasteiger partial charge in [-0.15, -0.1) is 0 Å². The number of alkyl halides is 1. The lowest BCUT2D eigenvalue weighted by molar-refractivity contribution is -0.144. The number of hydrogen-bond donors (Lipinski definition) is 2. The van der Waals surface area contributed by atoms with Crippen molar-refractivity contribution in [3.05, 3.63) is 0 Å². The third-order valence-electron chi connectivity index (χ3n) is 2.09. The Morgan fingerprint density at radius 3 is 2.55 bits per heavy atom. The van der Waals surface area contributed by atoms with Crippen molar-refractivity contribution in [2.24, 2.45) is 5.92 Å². The molecule has 1 aliphatic carbocycles. The molecule has 0 heterocycles. The molecule has 0 saturated heterocycles. The lowest BCUT2D eigenvalue weighted by Gasteiger charge is -2.25. The van der Waals surface area contributed by atoms with Crippen molar-refractivity contribution in [1.29, 1.82) is 0 Å². The standard InChI is InChI=1S/C7H11FO3/c8-5-3-4(7(10)11)1-2-6(5)9/h4-6,9H,1-3H2,(H,10,11)/t4-,5+,6+/m0/s1.